The van der Waals surface area contributed by atoms with Crippen LogP contribution in [0.1, 0.15) is 12.0 Å². The van der Waals surface area contributed by atoms with Gasteiger partial charge in [-0.25, -0.2) is 8.42 Å². The lowest BCUT2D eigenvalue weighted by Crippen LogP contribution is -2.25. The van der Waals surface area contributed by atoms with E-state index >= 15 is 0 Å². The second kappa shape index (κ2) is 5.29. The highest BCUT2D eigenvalue weighted by atomic mass is 32.2. The van der Waals surface area contributed by atoms with Crippen molar-refractivity contribution in [2.24, 2.45) is 5.92 Å². The van der Waals surface area contributed by atoms with E-state index in [2.05, 4.69) is 22.1 Å². The summed E-state index contributed by atoms with van der Waals surface area (Å²) in [4.78, 5) is 0. The highest BCUT2D eigenvalue weighted by Gasteiger charge is 2.27. The minimum Gasteiger partial charge on any atom is -0.316 e. The number of rotatable bonds is 5. The number of hydrogen-bond donors (Lipinski definition) is 1. The van der Waals surface area contributed by atoms with Crippen LogP contribution in [0.3, 0.4) is 0 Å². The topological polar surface area (TPSA) is 46.2 Å². The first kappa shape index (κ1) is 12.1. The molecule has 0 aliphatic carbocycles. The maximum Gasteiger partial charge on any atom is 0.150 e. The van der Waals surface area contributed by atoms with E-state index in [9.17, 15) is 8.42 Å². The van der Waals surface area contributed by atoms with Crippen LogP contribution >= 0.6 is 11.3 Å². The molecule has 2 rings (SSSR count). The van der Waals surface area contributed by atoms with E-state index in [4.69, 9.17) is 0 Å². The van der Waals surface area contributed by atoms with Crippen LogP contribution < -0.4 is 5.32 Å². The molecule has 0 aromatic carbocycles. The molecular formula is C11H17NO2S2. The van der Waals surface area contributed by atoms with E-state index in [1.54, 1.807) is 11.3 Å². The van der Waals surface area contributed by atoms with Crippen LogP contribution in [0, 0.1) is 5.92 Å². The SMILES string of the molecule is O=S1(=O)CCC(CNCCc2ccsc2)C1. The van der Waals surface area contributed by atoms with Crippen LogP contribution in [0.2, 0.25) is 0 Å². The zero-order valence-electron chi connectivity index (χ0n) is 9.19. The summed E-state index contributed by atoms with van der Waals surface area (Å²) in [7, 11) is -2.71. The first-order valence-electron chi connectivity index (χ1n) is 5.58. The minimum absolute atomic E-state index is 0.326. The quantitative estimate of drug-likeness (QED) is 0.811. The summed E-state index contributed by atoms with van der Waals surface area (Å²) in [6.45, 7) is 1.77. The molecule has 0 spiro atoms. The van der Waals surface area contributed by atoms with E-state index < -0.39 is 9.84 Å². The Bertz CT molecular complexity index is 411. The largest absolute Gasteiger partial charge is 0.316 e. The van der Waals surface area contributed by atoms with Crippen molar-refractivity contribution >= 4 is 21.2 Å². The van der Waals surface area contributed by atoms with Gasteiger partial charge in [0.25, 0.3) is 0 Å². The number of thiophene rings is 1. The molecule has 5 heteroatoms. The summed E-state index contributed by atoms with van der Waals surface area (Å²) >= 11 is 1.72. The molecule has 1 aliphatic rings. The monoisotopic (exact) mass is 259 g/mol. The average molecular weight is 259 g/mol. The molecule has 1 N–H and O–H groups in total. The normalized spacial score (nSPS) is 23.6. The highest BCUT2D eigenvalue weighted by Crippen LogP contribution is 2.17. The van der Waals surface area contributed by atoms with E-state index in [1.165, 1.54) is 5.56 Å². The minimum atomic E-state index is -2.71. The first-order valence-corrected chi connectivity index (χ1v) is 8.34. The molecule has 1 unspecified atom stereocenters. The first-order chi connectivity index (χ1) is 7.66. The molecule has 16 heavy (non-hydrogen) atoms. The van der Waals surface area contributed by atoms with Crippen LogP contribution in [0.5, 0.6) is 0 Å². The summed E-state index contributed by atoms with van der Waals surface area (Å²) in [5.74, 6) is 1.08. The van der Waals surface area contributed by atoms with Gasteiger partial charge in [0.15, 0.2) is 9.84 Å². The third kappa shape index (κ3) is 3.57. The maximum absolute atomic E-state index is 11.2. The smallest absolute Gasteiger partial charge is 0.150 e. The Labute approximate surface area is 101 Å². The molecule has 1 atom stereocenters. The molecule has 0 bridgehead atoms. The Hall–Kier alpha value is -0.390. The van der Waals surface area contributed by atoms with Crippen LogP contribution in [-0.4, -0.2) is 33.0 Å². The molecule has 1 aromatic rings. The van der Waals surface area contributed by atoms with E-state index in [0.29, 0.717) is 17.4 Å². The van der Waals surface area contributed by atoms with Gasteiger partial charge in [-0.1, -0.05) is 0 Å². The van der Waals surface area contributed by atoms with Gasteiger partial charge in [0, 0.05) is 0 Å². The van der Waals surface area contributed by atoms with E-state index in [-0.39, 0.29) is 0 Å². The van der Waals surface area contributed by atoms with Crippen LogP contribution in [-0.2, 0) is 16.3 Å². The van der Waals surface area contributed by atoms with Gasteiger partial charge in [0.05, 0.1) is 11.5 Å². The van der Waals surface area contributed by atoms with Crippen molar-refractivity contribution in [3.63, 3.8) is 0 Å². The lowest BCUT2D eigenvalue weighted by molar-refractivity contribution is 0.523. The fourth-order valence-electron chi connectivity index (χ4n) is 2.01. The predicted molar refractivity (Wildman–Crippen MR) is 67.7 cm³/mol. The van der Waals surface area contributed by atoms with Gasteiger partial charge < -0.3 is 5.32 Å². The highest BCUT2D eigenvalue weighted by molar-refractivity contribution is 7.91. The lowest BCUT2D eigenvalue weighted by Gasteiger charge is -2.08. The van der Waals surface area contributed by atoms with E-state index in [1.807, 2.05) is 0 Å². The third-order valence-electron chi connectivity index (χ3n) is 2.93. The summed E-state index contributed by atoms with van der Waals surface area (Å²) in [5, 5.41) is 7.58. The Balaban J connectivity index is 1.62. The standard InChI is InChI=1S/C11H17NO2S2/c13-16(14)6-3-11(9-16)7-12-4-1-10-2-5-15-8-10/h2,5,8,11-12H,1,3-4,6-7,9H2. The van der Waals surface area contributed by atoms with Crippen molar-refractivity contribution in [3.8, 4) is 0 Å². The van der Waals surface area contributed by atoms with Gasteiger partial charge >= 0.3 is 0 Å². The fraction of sp³-hybridized carbons (Fsp3) is 0.636. The summed E-state index contributed by atoms with van der Waals surface area (Å²) in [5.41, 5.74) is 1.36. The molecule has 0 radical (unpaired) electrons. The molecule has 1 saturated heterocycles. The zero-order valence-corrected chi connectivity index (χ0v) is 10.8. The van der Waals surface area contributed by atoms with Crippen molar-refractivity contribution in [3.05, 3.63) is 22.4 Å². The second-order valence-corrected chi connectivity index (χ2v) is 7.36. The third-order valence-corrected chi connectivity index (χ3v) is 5.50. The zero-order chi connectivity index (χ0) is 11.4. The molecule has 0 saturated carbocycles. The number of sulfone groups is 1. The van der Waals surface area contributed by atoms with Crippen LogP contribution in [0.15, 0.2) is 16.8 Å². The summed E-state index contributed by atoms with van der Waals surface area (Å²) in [6.07, 6.45) is 1.86. The van der Waals surface area contributed by atoms with Crippen molar-refractivity contribution in [2.45, 2.75) is 12.8 Å². The molecule has 2 heterocycles. The van der Waals surface area contributed by atoms with E-state index in [0.717, 1.165) is 25.9 Å². The Kier molecular flexibility index (Phi) is 4.00. The van der Waals surface area contributed by atoms with Crippen molar-refractivity contribution in [2.75, 3.05) is 24.6 Å². The van der Waals surface area contributed by atoms with Gasteiger partial charge in [-0.15, -0.1) is 0 Å². The van der Waals surface area contributed by atoms with Gasteiger partial charge in [-0.3, -0.25) is 0 Å². The van der Waals surface area contributed by atoms with Crippen molar-refractivity contribution < 1.29 is 8.42 Å². The number of nitrogens with one attached hydrogen (secondary N) is 1. The van der Waals surface area contributed by atoms with Gasteiger partial charge in [-0.05, 0) is 54.2 Å². The van der Waals surface area contributed by atoms with Crippen LogP contribution in [0.4, 0.5) is 0 Å². The number of hydrogen-bond acceptors (Lipinski definition) is 4. The maximum atomic E-state index is 11.2. The molecule has 90 valence electrons. The summed E-state index contributed by atoms with van der Waals surface area (Å²) in [6, 6.07) is 2.13. The molecule has 3 nitrogen and oxygen atoms in total. The summed E-state index contributed by atoms with van der Waals surface area (Å²) < 4.78 is 22.5. The second-order valence-electron chi connectivity index (χ2n) is 4.35. The molecular weight excluding hydrogens is 242 g/mol. The molecule has 1 aromatic heterocycles. The molecule has 1 aliphatic heterocycles. The van der Waals surface area contributed by atoms with Gasteiger partial charge in [0.1, 0.15) is 0 Å². The lowest BCUT2D eigenvalue weighted by atomic mass is 10.1. The van der Waals surface area contributed by atoms with Crippen LogP contribution in [0.25, 0.3) is 0 Å². The van der Waals surface area contributed by atoms with Gasteiger partial charge in [-0.2, -0.15) is 11.3 Å². The van der Waals surface area contributed by atoms with Crippen molar-refractivity contribution in [1.82, 2.24) is 5.32 Å². The molecule has 0 amide bonds. The fourth-order valence-corrected chi connectivity index (χ4v) is 4.57. The predicted octanol–water partition coefficient (Wildman–Crippen LogP) is 1.31. The average Bonchev–Trinajstić information content (AvgIpc) is 2.82. The molecule has 1 fully saturated rings. The van der Waals surface area contributed by atoms with Gasteiger partial charge in [0.2, 0.25) is 0 Å². The Morgan fingerprint density at radius 1 is 1.50 bits per heavy atom. The Morgan fingerprint density at radius 2 is 2.38 bits per heavy atom. The Morgan fingerprint density at radius 3 is 3.00 bits per heavy atom. The van der Waals surface area contributed by atoms with Crippen molar-refractivity contribution in [1.29, 1.82) is 0 Å².